The van der Waals surface area contributed by atoms with Crippen LogP contribution >= 0.6 is 0 Å². The molecular formula is C5H11NO2S. The van der Waals surface area contributed by atoms with Crippen LogP contribution in [0.1, 0.15) is 6.92 Å². The van der Waals surface area contributed by atoms with Gasteiger partial charge in [0.15, 0.2) is 9.84 Å². The van der Waals surface area contributed by atoms with Crippen molar-refractivity contribution in [2.75, 3.05) is 12.8 Å². The topological polar surface area (TPSA) is 46.2 Å². The molecule has 0 aromatic heterocycles. The maximum Gasteiger partial charge on any atom is 0.172 e. The quantitative estimate of drug-likeness (QED) is 0.619. The van der Waals surface area contributed by atoms with E-state index >= 15 is 0 Å². The molecule has 0 spiro atoms. The van der Waals surface area contributed by atoms with E-state index in [1.165, 1.54) is 6.20 Å². The van der Waals surface area contributed by atoms with Crippen LogP contribution in [0.15, 0.2) is 11.6 Å². The molecule has 4 heteroatoms. The van der Waals surface area contributed by atoms with Crippen molar-refractivity contribution in [2.24, 2.45) is 0 Å². The maximum absolute atomic E-state index is 10.6. The lowest BCUT2D eigenvalue weighted by molar-refractivity contribution is 0.605. The average molecular weight is 149 g/mol. The molecule has 0 rings (SSSR count). The maximum atomic E-state index is 10.6. The van der Waals surface area contributed by atoms with E-state index in [1.807, 2.05) is 0 Å². The minimum absolute atomic E-state index is 0.158. The number of sulfone groups is 1. The molecule has 0 aliphatic carbocycles. The Labute approximate surface area is 55.7 Å². The summed E-state index contributed by atoms with van der Waals surface area (Å²) in [5.74, 6) is 0.158. The molecule has 0 heterocycles. The van der Waals surface area contributed by atoms with Crippen LogP contribution in [-0.4, -0.2) is 21.2 Å². The fraction of sp³-hybridized carbons (Fsp3) is 0.600. The monoisotopic (exact) mass is 149 g/mol. The van der Waals surface area contributed by atoms with Gasteiger partial charge >= 0.3 is 0 Å². The third kappa shape index (κ3) is 4.02. The van der Waals surface area contributed by atoms with E-state index in [0.29, 0.717) is 0 Å². The Morgan fingerprint density at radius 3 is 2.44 bits per heavy atom. The van der Waals surface area contributed by atoms with Crippen LogP contribution in [0.4, 0.5) is 0 Å². The highest BCUT2D eigenvalue weighted by Gasteiger charge is 1.97. The Morgan fingerprint density at radius 1 is 1.56 bits per heavy atom. The molecule has 0 amide bonds. The van der Waals surface area contributed by atoms with Crippen molar-refractivity contribution in [2.45, 2.75) is 6.92 Å². The molecule has 0 unspecified atom stereocenters. The average Bonchev–Trinajstić information content (AvgIpc) is 1.84. The van der Waals surface area contributed by atoms with E-state index in [9.17, 15) is 8.42 Å². The second-order valence-corrected chi connectivity index (χ2v) is 3.72. The van der Waals surface area contributed by atoms with Gasteiger partial charge in [-0.1, -0.05) is 6.92 Å². The van der Waals surface area contributed by atoms with Crippen molar-refractivity contribution in [1.29, 1.82) is 0 Å². The summed E-state index contributed by atoms with van der Waals surface area (Å²) >= 11 is 0. The van der Waals surface area contributed by atoms with Crippen LogP contribution < -0.4 is 5.32 Å². The Kier molecular flexibility index (Phi) is 3.30. The summed E-state index contributed by atoms with van der Waals surface area (Å²) in [5, 5.41) is 3.76. The summed E-state index contributed by atoms with van der Waals surface area (Å²) in [5.41, 5.74) is 0. The molecule has 0 aromatic rings. The van der Waals surface area contributed by atoms with Crippen LogP contribution in [-0.2, 0) is 9.84 Å². The van der Waals surface area contributed by atoms with Gasteiger partial charge < -0.3 is 5.32 Å². The SMILES string of the molecule is CCS(=O)(=O)C=CNC. The zero-order valence-corrected chi connectivity index (χ0v) is 6.40. The first kappa shape index (κ1) is 8.49. The smallest absolute Gasteiger partial charge is 0.172 e. The van der Waals surface area contributed by atoms with E-state index in [-0.39, 0.29) is 5.75 Å². The molecule has 9 heavy (non-hydrogen) atoms. The van der Waals surface area contributed by atoms with E-state index in [4.69, 9.17) is 0 Å². The van der Waals surface area contributed by atoms with Crippen molar-refractivity contribution >= 4 is 9.84 Å². The number of nitrogens with one attached hydrogen (secondary N) is 1. The highest BCUT2D eigenvalue weighted by molar-refractivity contribution is 7.94. The second-order valence-electron chi connectivity index (χ2n) is 1.54. The Balaban J connectivity index is 4.04. The standard InChI is InChI=1S/C5H11NO2S/c1-3-9(7,8)5-4-6-2/h4-6H,3H2,1-2H3. The van der Waals surface area contributed by atoms with Gasteiger partial charge in [0.25, 0.3) is 0 Å². The van der Waals surface area contributed by atoms with Gasteiger partial charge in [0.05, 0.1) is 5.75 Å². The van der Waals surface area contributed by atoms with Crippen molar-refractivity contribution in [3.63, 3.8) is 0 Å². The predicted octanol–water partition coefficient (Wildman–Crippen LogP) is 0.112. The van der Waals surface area contributed by atoms with Crippen molar-refractivity contribution < 1.29 is 8.42 Å². The summed E-state index contributed by atoms with van der Waals surface area (Å²) in [7, 11) is -1.27. The summed E-state index contributed by atoms with van der Waals surface area (Å²) < 4.78 is 21.3. The summed E-state index contributed by atoms with van der Waals surface area (Å²) in [4.78, 5) is 0. The Bertz CT molecular complexity index is 181. The van der Waals surface area contributed by atoms with Crippen LogP contribution in [0.25, 0.3) is 0 Å². The molecule has 0 saturated heterocycles. The number of hydrogen-bond acceptors (Lipinski definition) is 3. The minimum Gasteiger partial charge on any atom is -0.393 e. The van der Waals surface area contributed by atoms with Gasteiger partial charge in [-0.25, -0.2) is 8.42 Å². The van der Waals surface area contributed by atoms with Gasteiger partial charge in [0.2, 0.25) is 0 Å². The van der Waals surface area contributed by atoms with Gasteiger partial charge in [0.1, 0.15) is 0 Å². The first-order valence-corrected chi connectivity index (χ1v) is 4.40. The van der Waals surface area contributed by atoms with Crippen molar-refractivity contribution in [3.05, 3.63) is 11.6 Å². The molecule has 0 aliphatic rings. The Hall–Kier alpha value is -0.510. The number of hydrogen-bond donors (Lipinski definition) is 1. The summed E-state index contributed by atoms with van der Waals surface area (Å²) in [6, 6.07) is 0. The highest BCUT2D eigenvalue weighted by atomic mass is 32.2. The third-order valence-corrected chi connectivity index (χ3v) is 2.20. The molecule has 0 aromatic carbocycles. The molecule has 0 bridgehead atoms. The predicted molar refractivity (Wildman–Crippen MR) is 37.7 cm³/mol. The molecular weight excluding hydrogens is 138 g/mol. The lowest BCUT2D eigenvalue weighted by Gasteiger charge is -1.89. The van der Waals surface area contributed by atoms with E-state index in [1.54, 1.807) is 14.0 Å². The molecule has 3 nitrogen and oxygen atoms in total. The zero-order chi connectivity index (χ0) is 7.33. The Morgan fingerprint density at radius 2 is 2.11 bits per heavy atom. The molecule has 1 N–H and O–H groups in total. The molecule has 0 fully saturated rings. The zero-order valence-electron chi connectivity index (χ0n) is 5.59. The normalized spacial score (nSPS) is 12.2. The fourth-order valence-electron chi connectivity index (χ4n) is 0.268. The van der Waals surface area contributed by atoms with Gasteiger partial charge in [-0.15, -0.1) is 0 Å². The second kappa shape index (κ2) is 3.50. The summed E-state index contributed by atoms with van der Waals surface area (Å²) in [6.45, 7) is 1.61. The van der Waals surface area contributed by atoms with E-state index in [0.717, 1.165) is 5.41 Å². The number of rotatable bonds is 3. The van der Waals surface area contributed by atoms with E-state index < -0.39 is 9.84 Å². The minimum atomic E-state index is -2.92. The van der Waals surface area contributed by atoms with Crippen LogP contribution in [0.2, 0.25) is 0 Å². The fourth-order valence-corrected chi connectivity index (χ4v) is 0.804. The van der Waals surface area contributed by atoms with Crippen molar-refractivity contribution in [3.8, 4) is 0 Å². The lowest BCUT2D eigenvalue weighted by atomic mass is 11.0. The summed E-state index contributed by atoms with van der Waals surface area (Å²) in [6.07, 6.45) is 1.40. The highest BCUT2D eigenvalue weighted by Crippen LogP contribution is 1.88. The van der Waals surface area contributed by atoms with Gasteiger partial charge in [0, 0.05) is 18.7 Å². The molecule has 0 radical (unpaired) electrons. The van der Waals surface area contributed by atoms with Gasteiger partial charge in [-0.3, -0.25) is 0 Å². The molecule has 54 valence electrons. The van der Waals surface area contributed by atoms with Crippen molar-refractivity contribution in [1.82, 2.24) is 5.32 Å². The largest absolute Gasteiger partial charge is 0.393 e. The van der Waals surface area contributed by atoms with Crippen LogP contribution in [0.3, 0.4) is 0 Å². The third-order valence-electron chi connectivity index (χ3n) is 0.844. The first-order valence-electron chi connectivity index (χ1n) is 2.69. The van der Waals surface area contributed by atoms with E-state index in [2.05, 4.69) is 5.32 Å². The van der Waals surface area contributed by atoms with Crippen LogP contribution in [0.5, 0.6) is 0 Å². The van der Waals surface area contributed by atoms with Crippen LogP contribution in [0, 0.1) is 0 Å². The lowest BCUT2D eigenvalue weighted by Crippen LogP contribution is -2.00. The first-order chi connectivity index (χ1) is 4.12. The molecule has 0 atom stereocenters. The van der Waals surface area contributed by atoms with Gasteiger partial charge in [-0.05, 0) is 0 Å². The molecule has 0 saturated carbocycles. The molecule has 0 aliphatic heterocycles. The van der Waals surface area contributed by atoms with Gasteiger partial charge in [-0.2, -0.15) is 0 Å².